The van der Waals surface area contributed by atoms with Crippen LogP contribution in [0.25, 0.3) is 0 Å². The van der Waals surface area contributed by atoms with Crippen molar-refractivity contribution in [3.05, 3.63) is 59.7 Å². The van der Waals surface area contributed by atoms with Gasteiger partial charge in [0.1, 0.15) is 5.75 Å². The molecule has 1 N–H and O–H groups in total. The maximum atomic E-state index is 5.34. The van der Waals surface area contributed by atoms with Crippen molar-refractivity contribution in [2.24, 2.45) is 0 Å². The molecule has 0 aromatic heterocycles. The molecule has 18 heavy (non-hydrogen) atoms. The zero-order valence-electron chi connectivity index (χ0n) is 10.5. The first kappa shape index (κ1) is 11.1. The largest absolute Gasteiger partial charge is 0.497 e. The van der Waals surface area contributed by atoms with Gasteiger partial charge in [0.25, 0.3) is 0 Å². The molecule has 2 nitrogen and oxygen atoms in total. The number of anilines is 1. The Morgan fingerprint density at radius 2 is 1.94 bits per heavy atom. The smallest absolute Gasteiger partial charge is 0.119 e. The molecule has 1 atom stereocenters. The van der Waals surface area contributed by atoms with E-state index in [1.807, 2.05) is 6.07 Å². The predicted molar refractivity (Wildman–Crippen MR) is 74.4 cm³/mol. The first-order valence-corrected chi connectivity index (χ1v) is 6.35. The maximum Gasteiger partial charge on any atom is 0.119 e. The summed E-state index contributed by atoms with van der Waals surface area (Å²) in [7, 11) is 1.72. The van der Waals surface area contributed by atoms with Crippen molar-refractivity contribution in [1.82, 2.24) is 0 Å². The molecule has 0 radical (unpaired) electrons. The zero-order chi connectivity index (χ0) is 12.4. The van der Waals surface area contributed by atoms with E-state index >= 15 is 0 Å². The summed E-state index contributed by atoms with van der Waals surface area (Å²) in [6.07, 6.45) is 1.13. The van der Waals surface area contributed by atoms with Gasteiger partial charge < -0.3 is 10.1 Å². The van der Waals surface area contributed by atoms with E-state index in [0.717, 1.165) is 18.7 Å². The van der Waals surface area contributed by atoms with E-state index in [2.05, 4.69) is 47.8 Å². The van der Waals surface area contributed by atoms with Crippen LogP contribution >= 0.6 is 0 Å². The van der Waals surface area contributed by atoms with Crippen molar-refractivity contribution in [3.63, 3.8) is 0 Å². The van der Waals surface area contributed by atoms with Crippen molar-refractivity contribution in [1.29, 1.82) is 0 Å². The second-order valence-electron chi connectivity index (χ2n) is 4.63. The van der Waals surface area contributed by atoms with E-state index < -0.39 is 0 Å². The normalized spacial score (nSPS) is 17.7. The standard InChI is InChI=1S/C16H17NO/c1-18-13-7-8-16-15(11-13)14(9-10-17-16)12-5-3-2-4-6-12/h2-8,11,14,17H,9-10H2,1H3. The van der Waals surface area contributed by atoms with Gasteiger partial charge in [-0.2, -0.15) is 0 Å². The van der Waals surface area contributed by atoms with Gasteiger partial charge in [0.2, 0.25) is 0 Å². The fourth-order valence-corrected chi connectivity index (χ4v) is 2.66. The highest BCUT2D eigenvalue weighted by atomic mass is 16.5. The Labute approximate surface area is 108 Å². The van der Waals surface area contributed by atoms with Gasteiger partial charge >= 0.3 is 0 Å². The Balaban J connectivity index is 2.05. The number of nitrogens with one attached hydrogen (secondary N) is 1. The zero-order valence-corrected chi connectivity index (χ0v) is 10.5. The molecule has 92 valence electrons. The molecule has 2 heteroatoms. The van der Waals surface area contributed by atoms with Gasteiger partial charge in [-0.3, -0.25) is 0 Å². The topological polar surface area (TPSA) is 21.3 Å². The molecule has 1 heterocycles. The summed E-state index contributed by atoms with van der Waals surface area (Å²) in [6, 6.07) is 17.0. The Bertz CT molecular complexity index is 536. The van der Waals surface area contributed by atoms with Gasteiger partial charge in [-0.05, 0) is 35.7 Å². The Kier molecular flexibility index (Phi) is 2.93. The van der Waals surface area contributed by atoms with E-state index in [0.29, 0.717) is 5.92 Å². The third kappa shape index (κ3) is 1.94. The highest BCUT2D eigenvalue weighted by Crippen LogP contribution is 2.38. The SMILES string of the molecule is COc1ccc2c(c1)C(c1ccccc1)CCN2. The molecule has 0 bridgehead atoms. The van der Waals surface area contributed by atoms with Gasteiger partial charge in [0, 0.05) is 18.2 Å². The average Bonchev–Trinajstić information content (AvgIpc) is 2.47. The van der Waals surface area contributed by atoms with Crippen LogP contribution in [0.2, 0.25) is 0 Å². The lowest BCUT2D eigenvalue weighted by atomic mass is 9.85. The minimum Gasteiger partial charge on any atom is -0.497 e. The van der Waals surface area contributed by atoms with Crippen molar-refractivity contribution in [2.75, 3.05) is 19.0 Å². The number of methoxy groups -OCH3 is 1. The summed E-state index contributed by atoms with van der Waals surface area (Å²) in [5, 5.41) is 3.46. The van der Waals surface area contributed by atoms with Crippen LogP contribution in [0.5, 0.6) is 5.75 Å². The van der Waals surface area contributed by atoms with Crippen LogP contribution in [0.4, 0.5) is 5.69 Å². The van der Waals surface area contributed by atoms with Crippen molar-refractivity contribution < 1.29 is 4.74 Å². The molecule has 0 amide bonds. The quantitative estimate of drug-likeness (QED) is 0.863. The molecule has 1 aliphatic rings. The molecule has 3 rings (SSSR count). The molecule has 2 aromatic rings. The summed E-state index contributed by atoms with van der Waals surface area (Å²) >= 11 is 0. The van der Waals surface area contributed by atoms with Crippen molar-refractivity contribution >= 4 is 5.69 Å². The first-order valence-electron chi connectivity index (χ1n) is 6.35. The number of hydrogen-bond donors (Lipinski definition) is 1. The van der Waals surface area contributed by atoms with Crippen molar-refractivity contribution in [3.8, 4) is 5.75 Å². The number of benzene rings is 2. The minimum atomic E-state index is 0.470. The average molecular weight is 239 g/mol. The van der Waals surface area contributed by atoms with Crippen LogP contribution in [0.1, 0.15) is 23.5 Å². The molecule has 1 aliphatic heterocycles. The van der Waals surface area contributed by atoms with Gasteiger partial charge in [-0.25, -0.2) is 0 Å². The number of rotatable bonds is 2. The molecule has 0 spiro atoms. The summed E-state index contributed by atoms with van der Waals surface area (Å²) in [6.45, 7) is 1.03. The Morgan fingerprint density at radius 3 is 2.72 bits per heavy atom. The van der Waals surface area contributed by atoms with E-state index in [-0.39, 0.29) is 0 Å². The van der Waals surface area contributed by atoms with Gasteiger partial charge in [0.05, 0.1) is 7.11 Å². The van der Waals surface area contributed by atoms with Gasteiger partial charge in [-0.1, -0.05) is 30.3 Å². The lowest BCUT2D eigenvalue weighted by Gasteiger charge is -2.27. The van der Waals surface area contributed by atoms with E-state index in [1.165, 1.54) is 16.8 Å². The molecule has 0 saturated carbocycles. The molecular formula is C16H17NO. The summed E-state index contributed by atoms with van der Waals surface area (Å²) in [5.41, 5.74) is 3.95. The van der Waals surface area contributed by atoms with Crippen LogP contribution in [0.3, 0.4) is 0 Å². The van der Waals surface area contributed by atoms with Crippen LogP contribution in [-0.4, -0.2) is 13.7 Å². The Morgan fingerprint density at radius 1 is 1.11 bits per heavy atom. The lowest BCUT2D eigenvalue weighted by Crippen LogP contribution is -2.17. The van der Waals surface area contributed by atoms with Crippen LogP contribution in [0, 0.1) is 0 Å². The molecular weight excluding hydrogens is 222 g/mol. The minimum absolute atomic E-state index is 0.470. The summed E-state index contributed by atoms with van der Waals surface area (Å²) < 4.78 is 5.34. The monoisotopic (exact) mass is 239 g/mol. The van der Waals surface area contributed by atoms with Gasteiger partial charge in [-0.15, -0.1) is 0 Å². The fourth-order valence-electron chi connectivity index (χ4n) is 2.66. The second-order valence-corrected chi connectivity index (χ2v) is 4.63. The molecule has 0 aliphatic carbocycles. The summed E-state index contributed by atoms with van der Waals surface area (Å²) in [5.74, 6) is 1.40. The second kappa shape index (κ2) is 4.73. The number of hydrogen-bond acceptors (Lipinski definition) is 2. The van der Waals surface area contributed by atoms with Crippen molar-refractivity contribution in [2.45, 2.75) is 12.3 Å². The first-order chi connectivity index (χ1) is 8.88. The third-order valence-electron chi connectivity index (χ3n) is 3.58. The third-order valence-corrected chi connectivity index (χ3v) is 3.58. The molecule has 0 saturated heterocycles. The summed E-state index contributed by atoms with van der Waals surface area (Å²) in [4.78, 5) is 0. The van der Waals surface area contributed by atoms with Crippen LogP contribution < -0.4 is 10.1 Å². The molecule has 0 fully saturated rings. The van der Waals surface area contributed by atoms with Crippen LogP contribution in [-0.2, 0) is 0 Å². The maximum absolute atomic E-state index is 5.34. The highest BCUT2D eigenvalue weighted by Gasteiger charge is 2.21. The highest BCUT2D eigenvalue weighted by molar-refractivity contribution is 5.59. The van der Waals surface area contributed by atoms with E-state index in [1.54, 1.807) is 7.11 Å². The fraction of sp³-hybridized carbons (Fsp3) is 0.250. The molecule has 1 unspecified atom stereocenters. The molecule has 2 aromatic carbocycles. The van der Waals surface area contributed by atoms with Crippen LogP contribution in [0.15, 0.2) is 48.5 Å². The van der Waals surface area contributed by atoms with E-state index in [4.69, 9.17) is 4.74 Å². The number of fused-ring (bicyclic) bond motifs is 1. The van der Waals surface area contributed by atoms with Gasteiger partial charge in [0.15, 0.2) is 0 Å². The Hall–Kier alpha value is -1.96. The number of ether oxygens (including phenoxy) is 1. The van der Waals surface area contributed by atoms with E-state index in [9.17, 15) is 0 Å². The predicted octanol–water partition coefficient (Wildman–Crippen LogP) is 3.64. The lowest BCUT2D eigenvalue weighted by molar-refractivity contribution is 0.414.